The second-order valence-electron chi connectivity index (χ2n) is 7.10. The number of benzene rings is 1. The van der Waals surface area contributed by atoms with Crippen molar-refractivity contribution in [1.29, 1.82) is 0 Å². The third kappa shape index (κ3) is 3.83. The van der Waals surface area contributed by atoms with Crippen LogP contribution in [0.15, 0.2) is 47.3 Å². The fourth-order valence-corrected chi connectivity index (χ4v) is 3.17. The van der Waals surface area contributed by atoms with Gasteiger partial charge in [-0.2, -0.15) is 5.10 Å². The summed E-state index contributed by atoms with van der Waals surface area (Å²) in [6.07, 6.45) is 4.75. The quantitative estimate of drug-likeness (QED) is 0.471. The number of carbonyl (C=O) groups excluding carboxylic acids is 1. The van der Waals surface area contributed by atoms with Crippen molar-refractivity contribution in [3.63, 3.8) is 0 Å². The zero-order valence-electron chi connectivity index (χ0n) is 17.3. The lowest BCUT2D eigenvalue weighted by atomic mass is 10.2. The second kappa shape index (κ2) is 8.02. The van der Waals surface area contributed by atoms with E-state index in [1.54, 1.807) is 17.1 Å². The Labute approximate surface area is 182 Å². The molecule has 32 heavy (non-hydrogen) atoms. The van der Waals surface area contributed by atoms with Crippen LogP contribution in [0.2, 0.25) is 0 Å². The van der Waals surface area contributed by atoms with E-state index < -0.39 is 5.91 Å². The van der Waals surface area contributed by atoms with E-state index >= 15 is 0 Å². The minimum Gasteiger partial charge on any atom is -0.454 e. The van der Waals surface area contributed by atoms with E-state index in [1.807, 2.05) is 38.2 Å². The summed E-state index contributed by atoms with van der Waals surface area (Å²) in [6, 6.07) is 7.30. The highest BCUT2D eigenvalue weighted by Gasteiger charge is 2.18. The van der Waals surface area contributed by atoms with Crippen molar-refractivity contribution in [3.05, 3.63) is 59.9 Å². The maximum absolute atomic E-state index is 12.5. The molecule has 0 spiro atoms. The number of oxazole rings is 1. The highest BCUT2D eigenvalue weighted by atomic mass is 16.7. The molecule has 0 radical (unpaired) electrons. The summed E-state index contributed by atoms with van der Waals surface area (Å²) in [5, 5.41) is 9.99. The molecule has 0 fully saturated rings. The molecule has 2 N–H and O–H groups in total. The van der Waals surface area contributed by atoms with Gasteiger partial charge in [0.05, 0.1) is 6.20 Å². The lowest BCUT2D eigenvalue weighted by Gasteiger charge is -2.07. The van der Waals surface area contributed by atoms with Crippen LogP contribution in [0.4, 0.5) is 11.8 Å². The first-order valence-electron chi connectivity index (χ1n) is 9.78. The molecule has 0 unspecified atom stereocenters. The average molecular weight is 433 g/mol. The minimum absolute atomic E-state index is 0.0556. The Kier molecular flexibility index (Phi) is 4.90. The predicted octanol–water partition coefficient (Wildman–Crippen LogP) is 2.58. The number of ether oxygens (including phenoxy) is 2. The van der Waals surface area contributed by atoms with Crippen LogP contribution in [0.25, 0.3) is 11.4 Å². The zero-order chi connectivity index (χ0) is 22.1. The van der Waals surface area contributed by atoms with Crippen LogP contribution in [0.5, 0.6) is 11.5 Å². The molecule has 0 aliphatic carbocycles. The SMILES string of the molecule is Cc1cnc(Nc2ccnn2C)nc1-c1coc(C(=O)NCc2ccc3c(c2)OCO3)n1. The fourth-order valence-electron chi connectivity index (χ4n) is 3.17. The van der Waals surface area contributed by atoms with Gasteiger partial charge >= 0.3 is 5.91 Å². The highest BCUT2D eigenvalue weighted by molar-refractivity contribution is 5.90. The van der Waals surface area contributed by atoms with Crippen LogP contribution in [0.1, 0.15) is 21.8 Å². The molecule has 1 aromatic carbocycles. The number of nitrogens with one attached hydrogen (secondary N) is 2. The summed E-state index contributed by atoms with van der Waals surface area (Å²) >= 11 is 0. The molecule has 162 valence electrons. The molecule has 5 rings (SSSR count). The maximum Gasteiger partial charge on any atom is 0.307 e. The Hall–Kier alpha value is -4.41. The zero-order valence-corrected chi connectivity index (χ0v) is 17.3. The van der Waals surface area contributed by atoms with Gasteiger partial charge in [-0.3, -0.25) is 9.48 Å². The van der Waals surface area contributed by atoms with E-state index in [1.165, 1.54) is 6.26 Å². The molecular weight excluding hydrogens is 414 g/mol. The van der Waals surface area contributed by atoms with Crippen LogP contribution in [-0.4, -0.2) is 37.4 Å². The number of hydrogen-bond acceptors (Lipinski definition) is 9. The van der Waals surface area contributed by atoms with E-state index in [9.17, 15) is 4.79 Å². The molecular formula is C21H19N7O4. The number of rotatable bonds is 6. The molecule has 11 heteroatoms. The van der Waals surface area contributed by atoms with Gasteiger partial charge in [-0.1, -0.05) is 6.07 Å². The number of aromatic nitrogens is 5. The lowest BCUT2D eigenvalue weighted by molar-refractivity contribution is 0.0916. The van der Waals surface area contributed by atoms with Crippen LogP contribution < -0.4 is 20.1 Å². The topological polar surface area (TPSA) is 129 Å². The highest BCUT2D eigenvalue weighted by Crippen LogP contribution is 2.32. The number of nitrogens with zero attached hydrogens (tertiary/aromatic N) is 5. The third-order valence-electron chi connectivity index (χ3n) is 4.86. The fraction of sp³-hybridized carbons (Fsp3) is 0.190. The van der Waals surface area contributed by atoms with Crippen LogP contribution in [0, 0.1) is 6.92 Å². The number of fused-ring (bicyclic) bond motifs is 1. The van der Waals surface area contributed by atoms with Gasteiger partial charge in [0.25, 0.3) is 5.89 Å². The normalized spacial score (nSPS) is 12.1. The van der Waals surface area contributed by atoms with Crippen molar-refractivity contribution >= 4 is 17.7 Å². The molecule has 0 bridgehead atoms. The summed E-state index contributed by atoms with van der Waals surface area (Å²) < 4.78 is 17.7. The first kappa shape index (κ1) is 19.5. The van der Waals surface area contributed by atoms with Crippen LogP contribution in [-0.2, 0) is 13.6 Å². The van der Waals surface area contributed by atoms with Gasteiger partial charge in [0, 0.05) is 25.9 Å². The van der Waals surface area contributed by atoms with Crippen molar-refractivity contribution in [2.24, 2.45) is 7.05 Å². The van der Waals surface area contributed by atoms with E-state index in [0.29, 0.717) is 35.4 Å². The van der Waals surface area contributed by atoms with Crippen LogP contribution >= 0.6 is 0 Å². The van der Waals surface area contributed by atoms with E-state index in [4.69, 9.17) is 13.9 Å². The summed E-state index contributed by atoms with van der Waals surface area (Å²) in [6.45, 7) is 2.35. The lowest BCUT2D eigenvalue weighted by Crippen LogP contribution is -2.23. The Morgan fingerprint density at radius 1 is 1.19 bits per heavy atom. The minimum atomic E-state index is -0.436. The van der Waals surface area contributed by atoms with E-state index in [2.05, 4.69) is 30.7 Å². The number of anilines is 2. The van der Waals surface area contributed by atoms with Gasteiger partial charge in [0.15, 0.2) is 11.5 Å². The molecule has 1 aliphatic rings. The average Bonchev–Trinajstić information content (AvgIpc) is 3.54. The van der Waals surface area contributed by atoms with Gasteiger partial charge in [-0.25, -0.2) is 15.0 Å². The summed E-state index contributed by atoms with van der Waals surface area (Å²) in [5.41, 5.74) is 2.66. The Balaban J connectivity index is 1.29. The van der Waals surface area contributed by atoms with Crippen molar-refractivity contribution in [3.8, 4) is 22.9 Å². The molecule has 11 nitrogen and oxygen atoms in total. The first-order valence-corrected chi connectivity index (χ1v) is 9.78. The first-order chi connectivity index (χ1) is 15.6. The molecule has 4 heterocycles. The number of aryl methyl sites for hydroxylation is 2. The third-order valence-corrected chi connectivity index (χ3v) is 4.86. The smallest absolute Gasteiger partial charge is 0.307 e. The van der Waals surface area contributed by atoms with Gasteiger partial charge in [0.1, 0.15) is 23.5 Å². The molecule has 1 amide bonds. The molecule has 0 saturated carbocycles. The van der Waals surface area contributed by atoms with Crippen LogP contribution in [0.3, 0.4) is 0 Å². The molecule has 3 aromatic heterocycles. The van der Waals surface area contributed by atoms with Gasteiger partial charge < -0.3 is 24.5 Å². The number of amides is 1. The second-order valence-corrected chi connectivity index (χ2v) is 7.10. The van der Waals surface area contributed by atoms with Crippen molar-refractivity contribution < 1.29 is 18.7 Å². The molecule has 4 aromatic rings. The monoisotopic (exact) mass is 433 g/mol. The summed E-state index contributed by atoms with van der Waals surface area (Å²) in [5.74, 6) is 1.98. The van der Waals surface area contributed by atoms with Gasteiger partial charge in [-0.05, 0) is 30.2 Å². The number of carbonyl (C=O) groups is 1. The molecule has 0 atom stereocenters. The van der Waals surface area contributed by atoms with Gasteiger partial charge in [-0.15, -0.1) is 0 Å². The summed E-state index contributed by atoms with van der Waals surface area (Å²) in [4.78, 5) is 25.6. The maximum atomic E-state index is 12.5. The predicted molar refractivity (Wildman–Crippen MR) is 112 cm³/mol. The molecule has 0 saturated heterocycles. The number of hydrogen-bond donors (Lipinski definition) is 2. The Morgan fingerprint density at radius 2 is 2.06 bits per heavy atom. The largest absolute Gasteiger partial charge is 0.454 e. The standard InChI is InChI=1S/C21H19N7O4/c1-12-8-23-21(26-17-5-6-24-28(17)2)27-18(12)14-10-30-20(25-14)19(29)22-9-13-3-4-15-16(7-13)32-11-31-15/h3-8,10H,9,11H2,1-2H3,(H,22,29)(H,23,26,27). The van der Waals surface area contributed by atoms with Crippen molar-refractivity contribution in [1.82, 2.24) is 30.0 Å². The van der Waals surface area contributed by atoms with Crippen molar-refractivity contribution in [2.75, 3.05) is 12.1 Å². The molecule has 1 aliphatic heterocycles. The Bertz CT molecular complexity index is 1300. The van der Waals surface area contributed by atoms with E-state index in [-0.39, 0.29) is 12.7 Å². The van der Waals surface area contributed by atoms with E-state index in [0.717, 1.165) is 16.9 Å². The van der Waals surface area contributed by atoms with Crippen molar-refractivity contribution in [2.45, 2.75) is 13.5 Å². The Morgan fingerprint density at radius 3 is 2.91 bits per heavy atom. The van der Waals surface area contributed by atoms with Gasteiger partial charge in [0.2, 0.25) is 12.7 Å². The summed E-state index contributed by atoms with van der Waals surface area (Å²) in [7, 11) is 1.81.